The predicted octanol–water partition coefficient (Wildman–Crippen LogP) is 3.10. The van der Waals surface area contributed by atoms with Gasteiger partial charge in [0.2, 0.25) is 0 Å². The lowest BCUT2D eigenvalue weighted by molar-refractivity contribution is 0.0950. The van der Waals surface area contributed by atoms with E-state index in [-0.39, 0.29) is 11.8 Å². The highest BCUT2D eigenvalue weighted by Gasteiger charge is 2.13. The Labute approximate surface area is 181 Å². The van der Waals surface area contributed by atoms with Crippen LogP contribution >= 0.6 is 0 Å². The number of carbonyl (C=O) groups excluding carboxylic acids is 2. The molecule has 7 nitrogen and oxygen atoms in total. The summed E-state index contributed by atoms with van der Waals surface area (Å²) in [5.41, 5.74) is 2.73. The first kappa shape index (κ1) is 20.6. The van der Waals surface area contributed by atoms with Crippen LogP contribution in [-0.2, 0) is 11.3 Å². The van der Waals surface area contributed by atoms with E-state index in [1.165, 1.54) is 0 Å². The lowest BCUT2D eigenvalue weighted by Crippen LogP contribution is -2.36. The normalized spacial score (nSPS) is 13.5. The van der Waals surface area contributed by atoms with Crippen LogP contribution in [0, 0.1) is 0 Å². The maximum absolute atomic E-state index is 12.5. The fourth-order valence-electron chi connectivity index (χ4n) is 3.32. The highest BCUT2D eigenvalue weighted by molar-refractivity contribution is 6.04. The van der Waals surface area contributed by atoms with Crippen LogP contribution in [0.3, 0.4) is 0 Å². The number of nitrogens with zero attached hydrogens (tertiary/aromatic N) is 2. The summed E-state index contributed by atoms with van der Waals surface area (Å²) in [6.07, 6.45) is 1.76. The van der Waals surface area contributed by atoms with Crippen molar-refractivity contribution in [2.24, 2.45) is 0 Å². The first-order valence-corrected chi connectivity index (χ1v) is 10.2. The largest absolute Gasteiger partial charge is 0.378 e. The van der Waals surface area contributed by atoms with Gasteiger partial charge in [0.1, 0.15) is 5.82 Å². The van der Waals surface area contributed by atoms with Crippen LogP contribution in [0.5, 0.6) is 0 Å². The Morgan fingerprint density at radius 3 is 2.35 bits per heavy atom. The van der Waals surface area contributed by atoms with Gasteiger partial charge in [-0.3, -0.25) is 9.59 Å². The summed E-state index contributed by atoms with van der Waals surface area (Å²) in [4.78, 5) is 31.4. The smallest absolute Gasteiger partial charge is 0.255 e. The molecule has 1 aliphatic heterocycles. The number of rotatable bonds is 6. The highest BCUT2D eigenvalue weighted by atomic mass is 16.5. The second-order valence-electron chi connectivity index (χ2n) is 7.20. The molecule has 0 radical (unpaired) electrons. The average molecular weight is 416 g/mol. The molecule has 2 heterocycles. The van der Waals surface area contributed by atoms with Crippen molar-refractivity contribution in [2.45, 2.75) is 6.54 Å². The maximum atomic E-state index is 12.5. The summed E-state index contributed by atoms with van der Waals surface area (Å²) in [6, 6.07) is 19.7. The molecule has 4 rings (SSSR count). The van der Waals surface area contributed by atoms with Gasteiger partial charge in [-0.2, -0.15) is 0 Å². The molecule has 1 saturated heterocycles. The number of amides is 2. The number of aromatic nitrogens is 1. The maximum Gasteiger partial charge on any atom is 0.255 e. The van der Waals surface area contributed by atoms with E-state index in [0.29, 0.717) is 36.6 Å². The number of pyridine rings is 1. The molecule has 0 bridgehead atoms. The predicted molar refractivity (Wildman–Crippen MR) is 119 cm³/mol. The van der Waals surface area contributed by atoms with Gasteiger partial charge in [0.05, 0.1) is 13.2 Å². The monoisotopic (exact) mass is 416 g/mol. The van der Waals surface area contributed by atoms with Gasteiger partial charge < -0.3 is 20.3 Å². The van der Waals surface area contributed by atoms with E-state index in [9.17, 15) is 9.59 Å². The Kier molecular flexibility index (Phi) is 6.54. The summed E-state index contributed by atoms with van der Waals surface area (Å²) in [6.45, 7) is 3.44. The van der Waals surface area contributed by atoms with E-state index < -0.39 is 0 Å². The van der Waals surface area contributed by atoms with Gasteiger partial charge in [0, 0.05) is 42.6 Å². The molecule has 3 aromatic rings. The van der Waals surface area contributed by atoms with E-state index >= 15 is 0 Å². The number of hydrogen-bond donors (Lipinski definition) is 2. The van der Waals surface area contributed by atoms with E-state index in [0.717, 1.165) is 24.5 Å². The zero-order chi connectivity index (χ0) is 21.5. The third-order valence-corrected chi connectivity index (χ3v) is 5.04. The molecule has 1 fully saturated rings. The molecule has 0 aliphatic carbocycles. The molecule has 2 amide bonds. The van der Waals surface area contributed by atoms with Crippen molar-refractivity contribution < 1.29 is 14.3 Å². The molecule has 1 aliphatic rings. The minimum Gasteiger partial charge on any atom is -0.378 e. The van der Waals surface area contributed by atoms with Crippen LogP contribution in [-0.4, -0.2) is 43.1 Å². The van der Waals surface area contributed by atoms with Gasteiger partial charge >= 0.3 is 0 Å². The number of ether oxygens (including phenoxy) is 1. The van der Waals surface area contributed by atoms with Gasteiger partial charge in [-0.25, -0.2) is 4.98 Å². The fourth-order valence-corrected chi connectivity index (χ4v) is 3.32. The van der Waals surface area contributed by atoms with Crippen LogP contribution < -0.4 is 15.5 Å². The quantitative estimate of drug-likeness (QED) is 0.645. The molecule has 1 aromatic heterocycles. The Morgan fingerprint density at radius 2 is 1.61 bits per heavy atom. The van der Waals surface area contributed by atoms with Crippen molar-refractivity contribution in [3.8, 4) is 0 Å². The van der Waals surface area contributed by atoms with Crippen LogP contribution in [0.25, 0.3) is 0 Å². The fraction of sp³-hybridized carbons (Fsp3) is 0.208. The minimum absolute atomic E-state index is 0.175. The molecule has 2 aromatic carbocycles. The standard InChI is InChI=1S/C24H24N4O3/c29-23(26-17-18-10-11-25-22(16-18)28-12-14-31-15-13-28)20-6-8-21(9-7-20)27-24(30)19-4-2-1-3-5-19/h1-11,16H,12-15,17H2,(H,26,29)(H,27,30). The van der Waals surface area contributed by atoms with Crippen LogP contribution in [0.2, 0.25) is 0 Å². The first-order chi connectivity index (χ1) is 15.2. The molecule has 0 spiro atoms. The number of nitrogens with one attached hydrogen (secondary N) is 2. The molecule has 0 unspecified atom stereocenters. The Balaban J connectivity index is 1.32. The van der Waals surface area contributed by atoms with Crippen molar-refractivity contribution in [3.63, 3.8) is 0 Å². The van der Waals surface area contributed by atoms with Crippen molar-refractivity contribution in [1.29, 1.82) is 0 Å². The van der Waals surface area contributed by atoms with Crippen molar-refractivity contribution in [3.05, 3.63) is 89.6 Å². The number of anilines is 2. The average Bonchev–Trinajstić information content (AvgIpc) is 2.84. The lowest BCUT2D eigenvalue weighted by Gasteiger charge is -2.28. The molecular weight excluding hydrogens is 392 g/mol. The molecule has 0 atom stereocenters. The molecule has 0 saturated carbocycles. The molecule has 158 valence electrons. The number of morpholine rings is 1. The van der Waals surface area contributed by atoms with E-state index in [1.807, 2.05) is 30.3 Å². The van der Waals surface area contributed by atoms with Gasteiger partial charge in [-0.15, -0.1) is 0 Å². The third-order valence-electron chi connectivity index (χ3n) is 5.04. The summed E-state index contributed by atoms with van der Waals surface area (Å²) in [5, 5.41) is 5.76. The minimum atomic E-state index is -0.188. The number of carbonyl (C=O) groups is 2. The van der Waals surface area contributed by atoms with Crippen molar-refractivity contribution in [1.82, 2.24) is 10.3 Å². The highest BCUT2D eigenvalue weighted by Crippen LogP contribution is 2.15. The van der Waals surface area contributed by atoms with Crippen molar-refractivity contribution >= 4 is 23.3 Å². The zero-order valence-electron chi connectivity index (χ0n) is 17.1. The molecule has 7 heteroatoms. The van der Waals surface area contributed by atoms with Gasteiger partial charge in [-0.05, 0) is 54.1 Å². The SMILES string of the molecule is O=C(NCc1ccnc(N2CCOCC2)c1)c1ccc(NC(=O)c2ccccc2)cc1. The van der Waals surface area contributed by atoms with Crippen molar-refractivity contribution in [2.75, 3.05) is 36.5 Å². The summed E-state index contributed by atoms with van der Waals surface area (Å²) < 4.78 is 5.38. The molecule has 31 heavy (non-hydrogen) atoms. The number of hydrogen-bond acceptors (Lipinski definition) is 5. The van der Waals surface area contributed by atoms with Crippen LogP contribution in [0.4, 0.5) is 11.5 Å². The van der Waals surface area contributed by atoms with Gasteiger partial charge in [0.25, 0.3) is 11.8 Å². The summed E-state index contributed by atoms with van der Waals surface area (Å²) in [5.74, 6) is 0.533. The summed E-state index contributed by atoms with van der Waals surface area (Å²) >= 11 is 0. The Morgan fingerprint density at radius 1 is 0.903 bits per heavy atom. The van der Waals surface area contributed by atoms with Crippen LogP contribution in [0.1, 0.15) is 26.3 Å². The second-order valence-corrected chi connectivity index (χ2v) is 7.20. The lowest BCUT2D eigenvalue weighted by atomic mass is 10.1. The van der Waals surface area contributed by atoms with Crippen LogP contribution in [0.15, 0.2) is 72.9 Å². The topological polar surface area (TPSA) is 83.6 Å². The van der Waals surface area contributed by atoms with E-state index in [2.05, 4.69) is 20.5 Å². The first-order valence-electron chi connectivity index (χ1n) is 10.2. The number of benzene rings is 2. The Bertz CT molecular complexity index is 1030. The zero-order valence-corrected chi connectivity index (χ0v) is 17.1. The van der Waals surface area contributed by atoms with E-state index in [1.54, 1.807) is 42.6 Å². The summed E-state index contributed by atoms with van der Waals surface area (Å²) in [7, 11) is 0. The van der Waals surface area contributed by atoms with Gasteiger partial charge in [0.15, 0.2) is 0 Å². The molecular formula is C24H24N4O3. The Hall–Kier alpha value is -3.71. The van der Waals surface area contributed by atoms with Gasteiger partial charge in [-0.1, -0.05) is 18.2 Å². The molecule has 2 N–H and O–H groups in total. The second kappa shape index (κ2) is 9.86. The van der Waals surface area contributed by atoms with E-state index in [4.69, 9.17) is 4.74 Å². The third kappa shape index (κ3) is 5.46.